The van der Waals surface area contributed by atoms with Gasteiger partial charge in [0.1, 0.15) is 22.9 Å². The molecule has 0 aliphatic carbocycles. The minimum absolute atomic E-state index is 0.204. The topological polar surface area (TPSA) is 111 Å². The van der Waals surface area contributed by atoms with Gasteiger partial charge in [-0.25, -0.2) is 19.8 Å². The van der Waals surface area contributed by atoms with E-state index in [1.807, 2.05) is 0 Å². The van der Waals surface area contributed by atoms with E-state index < -0.39 is 35.4 Å². The Balaban J connectivity index is 1.73. The summed E-state index contributed by atoms with van der Waals surface area (Å²) in [6.07, 6.45) is -3.00. The van der Waals surface area contributed by atoms with E-state index in [-0.39, 0.29) is 18.1 Å². The van der Waals surface area contributed by atoms with Gasteiger partial charge in [-0.15, -0.1) is 11.3 Å². The van der Waals surface area contributed by atoms with E-state index >= 15 is 0 Å². The number of fused-ring (bicyclic) bond motifs is 1. The van der Waals surface area contributed by atoms with E-state index in [4.69, 9.17) is 15.3 Å². The Kier molecular flexibility index (Phi) is 7.53. The number of halogens is 3. The lowest BCUT2D eigenvalue weighted by atomic mass is 10.1. The van der Waals surface area contributed by atoms with Crippen molar-refractivity contribution in [1.82, 2.24) is 14.9 Å². The number of nitrogens with zero attached hydrogens (tertiary/aromatic N) is 4. The third-order valence-corrected chi connectivity index (χ3v) is 7.05. The molecule has 0 saturated carbocycles. The summed E-state index contributed by atoms with van der Waals surface area (Å²) in [7, 11) is 0. The minimum Gasteiger partial charge on any atom is -0.444 e. The molecule has 3 aromatic rings. The molecule has 0 radical (unpaired) electrons. The molecule has 4 rings (SSSR count). The molecule has 13 heteroatoms. The molecule has 0 bridgehead atoms. The van der Waals surface area contributed by atoms with E-state index in [1.54, 1.807) is 32.6 Å². The number of hydrogen-bond donors (Lipinski definition) is 1. The summed E-state index contributed by atoms with van der Waals surface area (Å²) >= 11 is 1.09. The molecule has 2 N–H and O–H groups in total. The lowest BCUT2D eigenvalue weighted by Crippen LogP contribution is -2.46. The summed E-state index contributed by atoms with van der Waals surface area (Å²) in [4.78, 5) is 41.9. The van der Waals surface area contributed by atoms with Gasteiger partial charge in [0.2, 0.25) is 0 Å². The van der Waals surface area contributed by atoms with Gasteiger partial charge in [-0.1, -0.05) is 0 Å². The minimum atomic E-state index is -4.51. The highest BCUT2D eigenvalue weighted by molar-refractivity contribution is 7.20. The third-order valence-electron chi connectivity index (χ3n) is 5.84. The maximum atomic E-state index is 13.2. The predicted octanol–water partition coefficient (Wildman–Crippen LogP) is 5.59. The molecule has 0 spiro atoms. The van der Waals surface area contributed by atoms with Gasteiger partial charge in [0.05, 0.1) is 28.1 Å². The highest BCUT2D eigenvalue weighted by Crippen LogP contribution is 2.39. The van der Waals surface area contributed by atoms with E-state index in [0.29, 0.717) is 40.0 Å². The molecule has 3 heterocycles. The van der Waals surface area contributed by atoms with Crippen LogP contribution in [0.5, 0.6) is 0 Å². The second-order valence-corrected chi connectivity index (χ2v) is 10.9. The molecule has 1 aliphatic rings. The van der Waals surface area contributed by atoms with Gasteiger partial charge in [0, 0.05) is 6.54 Å². The van der Waals surface area contributed by atoms with Gasteiger partial charge in [-0.05, 0) is 70.4 Å². The molecule has 38 heavy (non-hydrogen) atoms. The van der Waals surface area contributed by atoms with Gasteiger partial charge in [0.15, 0.2) is 5.82 Å². The number of aryl methyl sites for hydroxylation is 1. The van der Waals surface area contributed by atoms with Crippen LogP contribution in [0.25, 0.3) is 10.2 Å². The summed E-state index contributed by atoms with van der Waals surface area (Å²) < 4.78 is 45.2. The lowest BCUT2D eigenvalue weighted by molar-refractivity contribution is -0.137. The Morgan fingerprint density at radius 2 is 1.84 bits per heavy atom. The SMILES string of the molecule is Cc1c(C(N)=O)sc2ncnc(N(O[C@H]3CCCN(C(=O)OC(C)(C)C)C3)c3ccc(C(F)(F)F)cc3)c12. The first-order valence-electron chi connectivity index (χ1n) is 11.9. The van der Waals surface area contributed by atoms with Crippen molar-refractivity contribution in [1.29, 1.82) is 0 Å². The van der Waals surface area contributed by atoms with Crippen molar-refractivity contribution in [2.75, 3.05) is 18.2 Å². The Morgan fingerprint density at radius 3 is 2.45 bits per heavy atom. The first-order valence-corrected chi connectivity index (χ1v) is 12.7. The van der Waals surface area contributed by atoms with E-state index in [2.05, 4.69) is 9.97 Å². The molecule has 1 fully saturated rings. The predicted molar refractivity (Wildman–Crippen MR) is 136 cm³/mol. The molecule has 1 aliphatic heterocycles. The smallest absolute Gasteiger partial charge is 0.416 e. The van der Waals surface area contributed by atoms with Crippen LogP contribution in [-0.2, 0) is 15.8 Å². The summed E-state index contributed by atoms with van der Waals surface area (Å²) in [5, 5.41) is 1.82. The monoisotopic (exact) mass is 551 g/mol. The van der Waals surface area contributed by atoms with E-state index in [1.165, 1.54) is 23.5 Å². The van der Waals surface area contributed by atoms with Crippen LogP contribution in [0.1, 0.15) is 54.4 Å². The second kappa shape index (κ2) is 10.4. The van der Waals surface area contributed by atoms with Crippen molar-refractivity contribution in [3.05, 3.63) is 46.6 Å². The largest absolute Gasteiger partial charge is 0.444 e. The number of anilines is 2. The fourth-order valence-corrected chi connectivity index (χ4v) is 5.12. The molecular weight excluding hydrogens is 523 g/mol. The second-order valence-electron chi connectivity index (χ2n) is 9.93. The van der Waals surface area contributed by atoms with Crippen LogP contribution < -0.4 is 10.8 Å². The van der Waals surface area contributed by atoms with Crippen molar-refractivity contribution >= 4 is 45.1 Å². The van der Waals surface area contributed by atoms with Gasteiger partial charge in [-0.3, -0.25) is 9.63 Å². The number of carbonyl (C=O) groups excluding carboxylic acids is 2. The molecule has 1 aromatic carbocycles. The molecule has 1 atom stereocenters. The van der Waals surface area contributed by atoms with Gasteiger partial charge in [0.25, 0.3) is 5.91 Å². The van der Waals surface area contributed by atoms with Crippen molar-refractivity contribution in [3.8, 4) is 0 Å². The van der Waals surface area contributed by atoms with Crippen LogP contribution in [0, 0.1) is 6.92 Å². The van der Waals surface area contributed by atoms with Crippen molar-refractivity contribution in [2.24, 2.45) is 5.73 Å². The van der Waals surface area contributed by atoms with Crippen molar-refractivity contribution < 1.29 is 32.3 Å². The first kappa shape index (κ1) is 27.6. The van der Waals surface area contributed by atoms with Crippen LogP contribution >= 0.6 is 11.3 Å². The zero-order valence-electron chi connectivity index (χ0n) is 21.3. The molecule has 1 saturated heterocycles. The number of carbonyl (C=O) groups is 2. The maximum Gasteiger partial charge on any atom is 0.416 e. The van der Waals surface area contributed by atoms with Crippen LogP contribution in [0.15, 0.2) is 30.6 Å². The Labute approximate surface area is 221 Å². The average Bonchev–Trinajstić information content (AvgIpc) is 3.18. The number of likely N-dealkylation sites (tertiary alicyclic amines) is 1. The number of primary amides is 1. The quantitative estimate of drug-likeness (QED) is 0.412. The number of amides is 2. The Bertz CT molecular complexity index is 1340. The van der Waals surface area contributed by atoms with Crippen LogP contribution in [-0.4, -0.2) is 51.7 Å². The number of thiophene rings is 1. The summed E-state index contributed by atoms with van der Waals surface area (Å²) in [6.45, 7) is 7.71. The zero-order valence-corrected chi connectivity index (χ0v) is 22.2. The van der Waals surface area contributed by atoms with Crippen LogP contribution in [0.2, 0.25) is 0 Å². The number of aromatic nitrogens is 2. The number of alkyl halides is 3. The maximum absolute atomic E-state index is 13.2. The van der Waals surface area contributed by atoms with Gasteiger partial charge < -0.3 is 15.4 Å². The molecule has 0 unspecified atom stereocenters. The highest BCUT2D eigenvalue weighted by Gasteiger charge is 2.33. The fraction of sp³-hybridized carbons (Fsp3) is 0.440. The first-order chi connectivity index (χ1) is 17.7. The standard InChI is InChI=1S/C25H28F3N5O4S/c1-14-18-21(30-13-31-22(18)38-19(14)20(29)34)33(16-9-7-15(8-10-16)25(26,27)28)37-17-6-5-11-32(12-17)23(35)36-24(2,3)4/h7-10,13,17H,5-6,11-12H2,1-4H3,(H2,29,34)/t17-/m0/s1. The number of nitrogens with two attached hydrogens (primary N) is 1. The fourth-order valence-electron chi connectivity index (χ4n) is 4.13. The normalized spacial score (nSPS) is 16.5. The van der Waals surface area contributed by atoms with Crippen LogP contribution in [0.4, 0.5) is 29.5 Å². The number of piperidine rings is 1. The van der Waals surface area contributed by atoms with Crippen molar-refractivity contribution in [3.63, 3.8) is 0 Å². The average molecular weight is 552 g/mol. The van der Waals surface area contributed by atoms with E-state index in [9.17, 15) is 22.8 Å². The molecular formula is C25H28F3N5O4S. The van der Waals surface area contributed by atoms with Gasteiger partial charge in [-0.2, -0.15) is 13.2 Å². The number of rotatable bonds is 5. The van der Waals surface area contributed by atoms with E-state index in [0.717, 1.165) is 23.5 Å². The summed E-state index contributed by atoms with van der Waals surface area (Å²) in [5.41, 5.74) is 4.86. The third kappa shape index (κ3) is 5.99. The number of benzene rings is 1. The summed E-state index contributed by atoms with van der Waals surface area (Å²) in [5.74, 6) is -0.385. The number of hydrogen-bond acceptors (Lipinski definition) is 8. The Hall–Kier alpha value is -3.45. The summed E-state index contributed by atoms with van der Waals surface area (Å²) in [6, 6.07) is 4.46. The Morgan fingerprint density at radius 1 is 1.16 bits per heavy atom. The van der Waals surface area contributed by atoms with Gasteiger partial charge >= 0.3 is 12.3 Å². The lowest BCUT2D eigenvalue weighted by Gasteiger charge is -2.36. The van der Waals surface area contributed by atoms with Crippen LogP contribution in [0.3, 0.4) is 0 Å². The molecule has 2 amide bonds. The molecule has 2 aromatic heterocycles. The number of ether oxygens (including phenoxy) is 1. The molecule has 204 valence electrons. The van der Waals surface area contributed by atoms with Crippen molar-refractivity contribution in [2.45, 2.75) is 58.4 Å². The highest BCUT2D eigenvalue weighted by atomic mass is 32.1. The zero-order chi connectivity index (χ0) is 27.8. The molecule has 9 nitrogen and oxygen atoms in total.